The molecule has 0 saturated heterocycles. The van der Waals surface area contributed by atoms with Gasteiger partial charge in [0.05, 0.1) is 6.42 Å². The third-order valence-corrected chi connectivity index (χ3v) is 5.22. The number of rotatable bonds is 8. The molecule has 0 bridgehead atoms. The summed E-state index contributed by atoms with van der Waals surface area (Å²) in [6.07, 6.45) is 0.0319. The average molecular weight is 439 g/mol. The molecule has 1 atom stereocenters. The first kappa shape index (κ1) is 23.2. The molecule has 0 fully saturated rings. The molecule has 0 aliphatic heterocycles. The fourth-order valence-electron chi connectivity index (χ4n) is 2.77. The highest BCUT2D eigenvalue weighted by molar-refractivity contribution is 6.36. The lowest BCUT2D eigenvalue weighted by atomic mass is 10.1. The van der Waals surface area contributed by atoms with Gasteiger partial charge in [0, 0.05) is 28.7 Å². The van der Waals surface area contributed by atoms with Crippen LogP contribution in [0.3, 0.4) is 0 Å². The molecule has 0 heterocycles. The van der Waals surface area contributed by atoms with E-state index in [9.17, 15) is 14.0 Å². The van der Waals surface area contributed by atoms with E-state index >= 15 is 0 Å². The first-order valence-electron chi connectivity index (χ1n) is 9.43. The van der Waals surface area contributed by atoms with E-state index in [2.05, 4.69) is 5.32 Å². The molecule has 0 unspecified atom stereocenters. The molecular weight excluding hydrogens is 414 g/mol. The molecule has 0 aliphatic carbocycles. The van der Waals surface area contributed by atoms with E-state index in [1.54, 1.807) is 37.3 Å². The van der Waals surface area contributed by atoms with E-state index in [1.165, 1.54) is 17.0 Å². The van der Waals surface area contributed by atoms with E-state index in [4.69, 9.17) is 23.2 Å². The van der Waals surface area contributed by atoms with Crippen molar-refractivity contribution in [2.24, 2.45) is 5.92 Å². The fourth-order valence-corrected chi connectivity index (χ4v) is 3.28. The molecule has 2 rings (SSSR count). The monoisotopic (exact) mass is 438 g/mol. The van der Waals surface area contributed by atoms with Crippen LogP contribution >= 0.6 is 23.2 Å². The van der Waals surface area contributed by atoms with Crippen LogP contribution in [0.4, 0.5) is 4.39 Å². The van der Waals surface area contributed by atoms with Crippen molar-refractivity contribution in [2.75, 3.05) is 6.54 Å². The topological polar surface area (TPSA) is 49.4 Å². The minimum atomic E-state index is -0.728. The van der Waals surface area contributed by atoms with Gasteiger partial charge in [0.15, 0.2) is 0 Å². The molecule has 7 heteroatoms. The van der Waals surface area contributed by atoms with Crippen LogP contribution in [-0.2, 0) is 22.6 Å². The number of carbonyl (C=O) groups excluding carboxylic acids is 2. The first-order valence-corrected chi connectivity index (χ1v) is 10.2. The molecule has 1 N–H and O–H groups in total. The predicted octanol–water partition coefficient (Wildman–Crippen LogP) is 4.86. The maximum Gasteiger partial charge on any atom is 0.242 e. The minimum absolute atomic E-state index is 0.0319. The third kappa shape index (κ3) is 6.72. The van der Waals surface area contributed by atoms with Crippen molar-refractivity contribution in [3.8, 4) is 0 Å². The van der Waals surface area contributed by atoms with Crippen LogP contribution in [-0.4, -0.2) is 29.3 Å². The number of amides is 2. The Kier molecular flexibility index (Phi) is 8.47. The summed E-state index contributed by atoms with van der Waals surface area (Å²) in [7, 11) is 0. The van der Waals surface area contributed by atoms with E-state index in [-0.39, 0.29) is 36.5 Å². The minimum Gasteiger partial charge on any atom is -0.354 e. The van der Waals surface area contributed by atoms with Crippen molar-refractivity contribution < 1.29 is 14.0 Å². The number of carbonyl (C=O) groups is 2. The standard InChI is InChI=1S/C22H25Cl2FN2O2/c1-14(2)12-26-22(29)15(3)27(13-18-19(23)5-4-6-20(18)24)21(28)11-16-7-9-17(25)10-8-16/h4-10,14-15H,11-13H2,1-3H3,(H,26,29)/t15-/m1/s1. The van der Waals surface area contributed by atoms with Crippen LogP contribution in [0.25, 0.3) is 0 Å². The highest BCUT2D eigenvalue weighted by Crippen LogP contribution is 2.27. The van der Waals surface area contributed by atoms with Gasteiger partial charge in [-0.25, -0.2) is 4.39 Å². The molecule has 156 valence electrons. The van der Waals surface area contributed by atoms with Gasteiger partial charge in [0.2, 0.25) is 11.8 Å². The Hall–Kier alpha value is -2.11. The van der Waals surface area contributed by atoms with Gasteiger partial charge in [0.1, 0.15) is 11.9 Å². The number of benzene rings is 2. The quantitative estimate of drug-likeness (QED) is 0.639. The normalized spacial score (nSPS) is 12.0. The van der Waals surface area contributed by atoms with E-state index in [1.807, 2.05) is 13.8 Å². The number of nitrogens with one attached hydrogen (secondary N) is 1. The van der Waals surface area contributed by atoms with Crippen LogP contribution in [0, 0.1) is 11.7 Å². The van der Waals surface area contributed by atoms with Crippen LogP contribution < -0.4 is 5.32 Å². The number of nitrogens with zero attached hydrogens (tertiary/aromatic N) is 1. The molecule has 4 nitrogen and oxygen atoms in total. The van der Waals surface area contributed by atoms with Crippen molar-refractivity contribution in [2.45, 2.75) is 39.8 Å². The third-order valence-electron chi connectivity index (χ3n) is 4.51. The summed E-state index contributed by atoms with van der Waals surface area (Å²) in [4.78, 5) is 27.2. The fraction of sp³-hybridized carbons (Fsp3) is 0.364. The Morgan fingerprint density at radius 2 is 1.62 bits per heavy atom. The number of hydrogen-bond acceptors (Lipinski definition) is 2. The van der Waals surface area contributed by atoms with Crippen LogP contribution in [0.15, 0.2) is 42.5 Å². The number of halogens is 3. The Morgan fingerprint density at radius 3 is 2.17 bits per heavy atom. The van der Waals surface area contributed by atoms with Gasteiger partial charge in [-0.2, -0.15) is 0 Å². The lowest BCUT2D eigenvalue weighted by Crippen LogP contribution is -2.48. The van der Waals surface area contributed by atoms with E-state index in [0.29, 0.717) is 27.7 Å². The Labute approximate surface area is 181 Å². The van der Waals surface area contributed by atoms with Crippen molar-refractivity contribution in [3.63, 3.8) is 0 Å². The second kappa shape index (κ2) is 10.6. The van der Waals surface area contributed by atoms with Gasteiger partial charge < -0.3 is 10.2 Å². The Morgan fingerprint density at radius 1 is 1.03 bits per heavy atom. The molecule has 0 radical (unpaired) electrons. The maximum atomic E-state index is 13.2. The Balaban J connectivity index is 2.27. The zero-order chi connectivity index (χ0) is 21.6. The van der Waals surface area contributed by atoms with Gasteiger partial charge in [0.25, 0.3) is 0 Å². The summed E-state index contributed by atoms with van der Waals surface area (Å²) >= 11 is 12.6. The van der Waals surface area contributed by atoms with Gasteiger partial charge in [-0.3, -0.25) is 9.59 Å². The summed E-state index contributed by atoms with van der Waals surface area (Å²) in [6.45, 7) is 6.26. The molecule has 2 aromatic carbocycles. The average Bonchev–Trinajstić information content (AvgIpc) is 2.67. The molecule has 2 amide bonds. The van der Waals surface area contributed by atoms with Crippen molar-refractivity contribution >= 4 is 35.0 Å². The van der Waals surface area contributed by atoms with E-state index < -0.39 is 6.04 Å². The van der Waals surface area contributed by atoms with E-state index in [0.717, 1.165) is 0 Å². The Bertz CT molecular complexity index is 836. The SMILES string of the molecule is CC(C)CNC(=O)[C@@H](C)N(Cc1c(Cl)cccc1Cl)C(=O)Cc1ccc(F)cc1. The van der Waals surface area contributed by atoms with Crippen LogP contribution in [0.5, 0.6) is 0 Å². The lowest BCUT2D eigenvalue weighted by Gasteiger charge is -2.29. The largest absolute Gasteiger partial charge is 0.354 e. The van der Waals surface area contributed by atoms with Gasteiger partial charge in [-0.05, 0) is 42.7 Å². The van der Waals surface area contributed by atoms with Gasteiger partial charge in [-0.1, -0.05) is 55.2 Å². The second-order valence-corrected chi connectivity index (χ2v) is 8.15. The molecular formula is C22H25Cl2FN2O2. The summed E-state index contributed by atoms with van der Waals surface area (Å²) in [5.74, 6) is -0.621. The summed E-state index contributed by atoms with van der Waals surface area (Å²) in [5.41, 5.74) is 1.23. The van der Waals surface area contributed by atoms with Crippen LogP contribution in [0.1, 0.15) is 31.9 Å². The highest BCUT2D eigenvalue weighted by Gasteiger charge is 2.27. The summed E-state index contributed by atoms with van der Waals surface area (Å²) in [6, 6.07) is 10.1. The zero-order valence-corrected chi connectivity index (χ0v) is 18.2. The molecule has 0 aliphatic rings. The highest BCUT2D eigenvalue weighted by atomic mass is 35.5. The maximum absolute atomic E-state index is 13.2. The molecule has 0 aromatic heterocycles. The molecule has 2 aromatic rings. The smallest absolute Gasteiger partial charge is 0.242 e. The van der Waals surface area contributed by atoms with Gasteiger partial charge >= 0.3 is 0 Å². The van der Waals surface area contributed by atoms with Gasteiger partial charge in [-0.15, -0.1) is 0 Å². The lowest BCUT2D eigenvalue weighted by molar-refractivity contribution is -0.140. The molecule has 0 spiro atoms. The molecule has 29 heavy (non-hydrogen) atoms. The molecule has 0 saturated carbocycles. The first-order chi connectivity index (χ1) is 13.7. The van der Waals surface area contributed by atoms with Crippen molar-refractivity contribution in [1.82, 2.24) is 10.2 Å². The van der Waals surface area contributed by atoms with Crippen molar-refractivity contribution in [3.05, 3.63) is 69.5 Å². The number of hydrogen-bond donors (Lipinski definition) is 1. The van der Waals surface area contributed by atoms with Crippen molar-refractivity contribution in [1.29, 1.82) is 0 Å². The second-order valence-electron chi connectivity index (χ2n) is 7.34. The summed E-state index contributed by atoms with van der Waals surface area (Å²) in [5, 5.41) is 3.70. The zero-order valence-electron chi connectivity index (χ0n) is 16.7. The summed E-state index contributed by atoms with van der Waals surface area (Å²) < 4.78 is 13.2. The van der Waals surface area contributed by atoms with Crippen LogP contribution in [0.2, 0.25) is 10.0 Å². The predicted molar refractivity (Wildman–Crippen MR) is 114 cm³/mol.